The van der Waals surface area contributed by atoms with E-state index in [9.17, 15) is 9.59 Å². The van der Waals surface area contributed by atoms with E-state index in [4.69, 9.17) is 0 Å². The van der Waals surface area contributed by atoms with Gasteiger partial charge in [0.05, 0.1) is 12.4 Å². The first-order chi connectivity index (χ1) is 5.84. The van der Waals surface area contributed by atoms with Crippen molar-refractivity contribution in [1.29, 1.82) is 0 Å². The second-order valence-electron chi connectivity index (χ2n) is 3.65. The summed E-state index contributed by atoms with van der Waals surface area (Å²) in [6, 6.07) is -0.407. The number of Topliss-reactive ketones (excluding diaryl/α,β-unsaturated/α-hetero) is 1. The Morgan fingerprint density at radius 1 is 1.23 bits per heavy atom. The first kappa shape index (κ1) is 11.7. The fourth-order valence-corrected chi connectivity index (χ4v) is 0.228. The molecule has 0 saturated carbocycles. The maximum Gasteiger partial charge on any atom is 0.367 e. The summed E-state index contributed by atoms with van der Waals surface area (Å²) < 4.78 is 0. The largest absolute Gasteiger partial charge is 0.367 e. The Balaban J connectivity index is 0.000000223. The number of rotatable bonds is 0. The van der Waals surface area contributed by atoms with Gasteiger partial charge in [-0.3, -0.25) is 4.79 Å². The lowest BCUT2D eigenvalue weighted by atomic mass is 9.92. The fraction of sp³-hybridized carbons (Fsp3) is 0.556. The van der Waals surface area contributed by atoms with Gasteiger partial charge in [-0.15, -0.1) is 0 Å². The molecule has 0 aliphatic carbocycles. The third-order valence-corrected chi connectivity index (χ3v) is 1.49. The third kappa shape index (κ3) is 5.90. The highest BCUT2D eigenvalue weighted by Gasteiger charge is 2.14. The van der Waals surface area contributed by atoms with Gasteiger partial charge in [-0.25, -0.2) is 4.79 Å². The van der Waals surface area contributed by atoms with E-state index in [-0.39, 0.29) is 11.2 Å². The van der Waals surface area contributed by atoms with Gasteiger partial charge in [0.1, 0.15) is 5.78 Å². The van der Waals surface area contributed by atoms with Gasteiger partial charge in [-0.05, 0) is 6.92 Å². The molecule has 2 amide bonds. The van der Waals surface area contributed by atoms with E-state index in [0.29, 0.717) is 0 Å². The van der Waals surface area contributed by atoms with Gasteiger partial charge in [0.2, 0.25) is 0 Å². The van der Waals surface area contributed by atoms with Crippen molar-refractivity contribution < 1.29 is 9.59 Å². The molecule has 1 rings (SSSR count). The fourth-order valence-electron chi connectivity index (χ4n) is 0.228. The van der Waals surface area contributed by atoms with Crippen LogP contribution in [0.1, 0.15) is 27.7 Å². The van der Waals surface area contributed by atoms with E-state index >= 15 is 0 Å². The van der Waals surface area contributed by atoms with Crippen LogP contribution >= 0.6 is 0 Å². The van der Waals surface area contributed by atoms with Crippen LogP contribution in [0.3, 0.4) is 0 Å². The van der Waals surface area contributed by atoms with Crippen LogP contribution in [0.2, 0.25) is 0 Å². The van der Waals surface area contributed by atoms with Crippen LogP contribution in [0.4, 0.5) is 4.79 Å². The third-order valence-electron chi connectivity index (χ3n) is 1.49. The van der Waals surface area contributed by atoms with E-state index in [1.54, 1.807) is 6.92 Å². The van der Waals surface area contributed by atoms with E-state index < -0.39 is 6.03 Å². The average molecular weight is 182 g/mol. The maximum absolute atomic E-state index is 10.5. The molecule has 4 heteroatoms. The summed E-state index contributed by atoms with van der Waals surface area (Å²) in [6.45, 7) is 7.35. The standard InChI is InChI=1S/C6H12O.C3H2N2O/c1-5(7)6(2,3)4;6-3-4-1-2-5-3/h1-4H3;1-2H. The summed E-state index contributed by atoms with van der Waals surface area (Å²) in [7, 11) is 0. The zero-order chi connectivity index (χ0) is 10.5. The molecule has 0 fully saturated rings. The SMILES string of the molecule is CC(=O)C(C)(C)C.O=C1N=CC=N1. The van der Waals surface area contributed by atoms with Crippen molar-refractivity contribution in [1.82, 2.24) is 0 Å². The molecule has 1 heterocycles. The number of hydrogen-bond donors (Lipinski definition) is 0. The molecule has 0 unspecified atom stereocenters. The summed E-state index contributed by atoms with van der Waals surface area (Å²) >= 11 is 0. The topological polar surface area (TPSA) is 58.9 Å². The van der Waals surface area contributed by atoms with Crippen molar-refractivity contribution in [3.8, 4) is 0 Å². The molecule has 0 spiro atoms. The summed E-state index contributed by atoms with van der Waals surface area (Å²) in [6.07, 6.45) is 2.73. The van der Waals surface area contributed by atoms with Crippen LogP contribution < -0.4 is 0 Å². The average Bonchev–Trinajstić information content (AvgIpc) is 2.38. The Bertz CT molecular complexity index is 245. The number of aliphatic imine (C=N–C) groups is 2. The number of carbonyl (C=O) groups excluding carboxylic acids is 2. The molecule has 1 aliphatic rings. The van der Waals surface area contributed by atoms with Gasteiger partial charge in [0.15, 0.2) is 0 Å². The van der Waals surface area contributed by atoms with Gasteiger partial charge in [-0.1, -0.05) is 20.8 Å². The lowest BCUT2D eigenvalue weighted by molar-refractivity contribution is -0.124. The molecule has 0 aromatic heterocycles. The molecule has 0 radical (unpaired) electrons. The van der Waals surface area contributed by atoms with E-state index in [1.807, 2.05) is 20.8 Å². The smallest absolute Gasteiger partial charge is 0.299 e. The summed E-state index contributed by atoms with van der Waals surface area (Å²) in [5.41, 5.74) is -0.139. The van der Waals surface area contributed by atoms with Gasteiger partial charge < -0.3 is 0 Å². The Morgan fingerprint density at radius 2 is 1.54 bits per heavy atom. The predicted octanol–water partition coefficient (Wildman–Crippen LogP) is 1.88. The molecule has 0 aromatic carbocycles. The number of nitrogens with zero attached hydrogens (tertiary/aromatic N) is 2. The molecule has 0 N–H and O–H groups in total. The van der Waals surface area contributed by atoms with Crippen molar-refractivity contribution >= 4 is 24.2 Å². The number of urea groups is 1. The second kappa shape index (κ2) is 4.64. The summed E-state index contributed by atoms with van der Waals surface area (Å²) in [4.78, 5) is 26.8. The maximum atomic E-state index is 10.5. The molecule has 0 atom stereocenters. The zero-order valence-corrected chi connectivity index (χ0v) is 8.37. The molecule has 0 aromatic rings. The number of hydrogen-bond acceptors (Lipinski definition) is 2. The van der Waals surface area contributed by atoms with Crippen molar-refractivity contribution in [2.75, 3.05) is 0 Å². The second-order valence-corrected chi connectivity index (χ2v) is 3.65. The van der Waals surface area contributed by atoms with Crippen LogP contribution in [0.15, 0.2) is 9.98 Å². The molecule has 1 aliphatic heterocycles. The van der Waals surface area contributed by atoms with E-state index in [0.717, 1.165) is 0 Å². The summed E-state index contributed by atoms with van der Waals surface area (Å²) in [5, 5.41) is 0. The molecular weight excluding hydrogens is 168 g/mol. The van der Waals surface area contributed by atoms with Crippen LogP contribution in [-0.2, 0) is 4.79 Å². The zero-order valence-electron chi connectivity index (χ0n) is 8.37. The van der Waals surface area contributed by atoms with Crippen molar-refractivity contribution in [3.05, 3.63) is 0 Å². The van der Waals surface area contributed by atoms with Crippen LogP contribution in [-0.4, -0.2) is 24.2 Å². The van der Waals surface area contributed by atoms with E-state index in [2.05, 4.69) is 9.98 Å². The Labute approximate surface area is 77.8 Å². The van der Waals surface area contributed by atoms with Gasteiger partial charge in [0, 0.05) is 5.41 Å². The van der Waals surface area contributed by atoms with Crippen molar-refractivity contribution in [3.63, 3.8) is 0 Å². The number of ketones is 1. The van der Waals surface area contributed by atoms with Crippen LogP contribution in [0.5, 0.6) is 0 Å². The molecule has 72 valence electrons. The normalized spacial score (nSPS) is 14.0. The first-order valence-corrected chi connectivity index (χ1v) is 3.96. The monoisotopic (exact) mass is 182 g/mol. The molecule has 13 heavy (non-hydrogen) atoms. The summed E-state index contributed by atoms with van der Waals surface area (Å²) in [5.74, 6) is 0.243. The van der Waals surface area contributed by atoms with Crippen LogP contribution in [0, 0.1) is 5.41 Å². The first-order valence-electron chi connectivity index (χ1n) is 3.96. The van der Waals surface area contributed by atoms with Gasteiger partial charge in [0.25, 0.3) is 0 Å². The highest BCUT2D eigenvalue weighted by molar-refractivity contribution is 6.25. The molecular formula is C9H14N2O2. The Morgan fingerprint density at radius 3 is 1.62 bits per heavy atom. The quantitative estimate of drug-likeness (QED) is 0.574. The number of carbonyl (C=O) groups is 2. The molecule has 0 bridgehead atoms. The minimum absolute atomic E-state index is 0.139. The molecule has 0 saturated heterocycles. The Hall–Kier alpha value is -1.32. The lowest BCUT2D eigenvalue weighted by Gasteiger charge is -2.11. The van der Waals surface area contributed by atoms with E-state index in [1.165, 1.54) is 12.4 Å². The highest BCUT2D eigenvalue weighted by atomic mass is 16.2. The minimum atomic E-state index is -0.407. The van der Waals surface area contributed by atoms with Crippen molar-refractivity contribution in [2.45, 2.75) is 27.7 Å². The Kier molecular flexibility index (Phi) is 4.17. The predicted molar refractivity (Wildman–Crippen MR) is 52.5 cm³/mol. The molecule has 4 nitrogen and oxygen atoms in total. The minimum Gasteiger partial charge on any atom is -0.299 e. The number of amides is 2. The van der Waals surface area contributed by atoms with Gasteiger partial charge >= 0.3 is 6.03 Å². The van der Waals surface area contributed by atoms with Crippen molar-refractivity contribution in [2.24, 2.45) is 15.4 Å². The lowest BCUT2D eigenvalue weighted by Crippen LogP contribution is -2.15. The van der Waals surface area contributed by atoms with Crippen LogP contribution in [0.25, 0.3) is 0 Å². The van der Waals surface area contributed by atoms with Gasteiger partial charge in [-0.2, -0.15) is 9.98 Å². The highest BCUT2D eigenvalue weighted by Crippen LogP contribution is 2.12.